The standard InChI is InChI=1S/C28H42O7S.Na/c1-3-5-7-9-11-13-15-17-21-34-27(29)25-20-19-24(36(31,32)33)23-26(25)28(30)35-22-18-16-14-12-10-8-6-4-2;/h15-20,23H,3-14,21-22H2,1-2H3,(H,31,32,33);/q;+1/p-1/b17-15+,18-16+;. The number of hydrogen-bond donors (Lipinski definition) is 0. The van der Waals surface area contributed by atoms with Gasteiger partial charge in [-0.25, -0.2) is 18.0 Å². The largest absolute Gasteiger partial charge is 1.00 e. The van der Waals surface area contributed by atoms with Gasteiger partial charge in [-0.1, -0.05) is 89.5 Å². The molecule has 0 amide bonds. The van der Waals surface area contributed by atoms with Gasteiger partial charge in [-0.2, -0.15) is 0 Å². The van der Waals surface area contributed by atoms with Crippen LogP contribution < -0.4 is 29.6 Å². The Balaban J connectivity index is 0.0000130. The van der Waals surface area contributed by atoms with Crippen LogP contribution in [0.2, 0.25) is 0 Å². The molecule has 9 heteroatoms. The molecular weight excluding hydrogens is 503 g/mol. The van der Waals surface area contributed by atoms with Gasteiger partial charge < -0.3 is 14.0 Å². The zero-order chi connectivity index (χ0) is 26.7. The zero-order valence-corrected chi connectivity index (χ0v) is 25.5. The Bertz CT molecular complexity index is 955. The number of carbonyl (C=O) groups excluding carboxylic acids is 2. The maximum atomic E-state index is 12.6. The Labute approximate surface area is 245 Å². The molecule has 0 spiro atoms. The molecule has 0 aliphatic heterocycles. The average molecular weight is 545 g/mol. The van der Waals surface area contributed by atoms with Gasteiger partial charge in [-0.15, -0.1) is 0 Å². The second-order valence-corrected chi connectivity index (χ2v) is 10.1. The summed E-state index contributed by atoms with van der Waals surface area (Å²) in [5, 5.41) is 0. The van der Waals surface area contributed by atoms with E-state index in [4.69, 9.17) is 9.47 Å². The predicted molar refractivity (Wildman–Crippen MR) is 140 cm³/mol. The van der Waals surface area contributed by atoms with E-state index < -0.39 is 27.0 Å². The number of hydrogen-bond acceptors (Lipinski definition) is 7. The molecule has 0 unspecified atom stereocenters. The van der Waals surface area contributed by atoms with Crippen molar-refractivity contribution in [1.82, 2.24) is 0 Å². The van der Waals surface area contributed by atoms with E-state index in [1.54, 1.807) is 12.2 Å². The Morgan fingerprint density at radius 3 is 1.65 bits per heavy atom. The van der Waals surface area contributed by atoms with Gasteiger partial charge in [0.05, 0.1) is 16.0 Å². The van der Waals surface area contributed by atoms with Crippen LogP contribution in [0.15, 0.2) is 47.4 Å². The summed E-state index contributed by atoms with van der Waals surface area (Å²) in [6.45, 7) is 4.32. The minimum atomic E-state index is -4.81. The first-order valence-corrected chi connectivity index (χ1v) is 14.5. The first-order valence-electron chi connectivity index (χ1n) is 13.0. The topological polar surface area (TPSA) is 110 Å². The number of allylic oxidation sites excluding steroid dienone is 2. The zero-order valence-electron chi connectivity index (χ0n) is 22.7. The van der Waals surface area contributed by atoms with Crippen molar-refractivity contribution in [1.29, 1.82) is 0 Å². The second kappa shape index (κ2) is 21.5. The number of esters is 2. The molecule has 0 N–H and O–H groups in total. The monoisotopic (exact) mass is 544 g/mol. The van der Waals surface area contributed by atoms with Crippen LogP contribution in [0.3, 0.4) is 0 Å². The van der Waals surface area contributed by atoms with Gasteiger partial charge >= 0.3 is 41.5 Å². The fourth-order valence-electron chi connectivity index (χ4n) is 3.53. The normalized spacial score (nSPS) is 11.5. The number of benzene rings is 1. The van der Waals surface area contributed by atoms with Crippen molar-refractivity contribution in [2.24, 2.45) is 0 Å². The van der Waals surface area contributed by atoms with Crippen molar-refractivity contribution in [2.75, 3.05) is 13.2 Å². The van der Waals surface area contributed by atoms with Crippen molar-refractivity contribution in [3.8, 4) is 0 Å². The minimum Gasteiger partial charge on any atom is -0.744 e. The van der Waals surface area contributed by atoms with Crippen LogP contribution in [0.5, 0.6) is 0 Å². The van der Waals surface area contributed by atoms with Gasteiger partial charge in [0, 0.05) is 0 Å². The van der Waals surface area contributed by atoms with Gasteiger partial charge in [0.2, 0.25) is 0 Å². The quantitative estimate of drug-likeness (QED) is 0.0858. The summed E-state index contributed by atoms with van der Waals surface area (Å²) in [6.07, 6.45) is 20.7. The van der Waals surface area contributed by atoms with E-state index >= 15 is 0 Å². The Morgan fingerprint density at radius 1 is 0.730 bits per heavy atom. The van der Waals surface area contributed by atoms with E-state index in [0.29, 0.717) is 0 Å². The van der Waals surface area contributed by atoms with E-state index in [2.05, 4.69) is 13.8 Å². The summed E-state index contributed by atoms with van der Waals surface area (Å²) < 4.78 is 44.7. The van der Waals surface area contributed by atoms with Crippen LogP contribution in [0.1, 0.15) is 112 Å². The number of carbonyl (C=O) groups is 2. The molecule has 0 atom stereocenters. The van der Waals surface area contributed by atoms with Crippen LogP contribution in [0.4, 0.5) is 0 Å². The van der Waals surface area contributed by atoms with E-state index in [9.17, 15) is 22.6 Å². The maximum Gasteiger partial charge on any atom is 1.00 e. The van der Waals surface area contributed by atoms with Gasteiger partial charge in [-0.05, 0) is 43.9 Å². The molecule has 1 aromatic carbocycles. The van der Waals surface area contributed by atoms with Gasteiger partial charge in [0.25, 0.3) is 0 Å². The van der Waals surface area contributed by atoms with E-state index in [-0.39, 0.29) is 53.9 Å². The SMILES string of the molecule is CCCCCCC/C=C/COC(=O)c1ccc(S(=O)(=O)[O-])cc1C(=O)OC/C=C/CCCCCCC.[Na+]. The first kappa shape index (κ1) is 35.5. The molecule has 7 nitrogen and oxygen atoms in total. The summed E-state index contributed by atoms with van der Waals surface area (Å²) in [5.74, 6) is -1.70. The molecule has 0 aliphatic carbocycles. The Morgan fingerprint density at radius 2 is 1.19 bits per heavy atom. The molecule has 37 heavy (non-hydrogen) atoms. The smallest absolute Gasteiger partial charge is 0.744 e. The second-order valence-electron chi connectivity index (χ2n) is 8.71. The predicted octanol–water partition coefficient (Wildman–Crippen LogP) is 3.74. The van der Waals surface area contributed by atoms with Gasteiger partial charge in [0.1, 0.15) is 23.3 Å². The summed E-state index contributed by atoms with van der Waals surface area (Å²) >= 11 is 0. The molecule has 0 saturated carbocycles. The fourth-order valence-corrected chi connectivity index (χ4v) is 4.03. The van der Waals surface area contributed by atoms with Crippen molar-refractivity contribution >= 4 is 22.1 Å². The molecule has 0 fully saturated rings. The van der Waals surface area contributed by atoms with Crippen molar-refractivity contribution < 1.29 is 61.6 Å². The summed E-state index contributed by atoms with van der Waals surface area (Å²) in [6, 6.07) is 2.96. The van der Waals surface area contributed by atoms with Gasteiger partial charge in [0.15, 0.2) is 0 Å². The molecule has 0 bridgehead atoms. The number of unbranched alkanes of at least 4 members (excludes halogenated alkanes) is 10. The van der Waals surface area contributed by atoms with Crippen LogP contribution >= 0.6 is 0 Å². The third kappa shape index (κ3) is 16.2. The van der Waals surface area contributed by atoms with Crippen molar-refractivity contribution in [3.63, 3.8) is 0 Å². The molecule has 1 rings (SSSR count). The average Bonchev–Trinajstić information content (AvgIpc) is 2.85. The molecule has 0 saturated heterocycles. The molecular formula is C28H41NaO7S. The van der Waals surface area contributed by atoms with E-state index in [0.717, 1.165) is 56.7 Å². The van der Waals surface area contributed by atoms with Crippen LogP contribution in [-0.2, 0) is 19.6 Å². The summed E-state index contributed by atoms with van der Waals surface area (Å²) in [5.41, 5.74) is -0.468. The number of ether oxygens (including phenoxy) is 2. The van der Waals surface area contributed by atoms with Crippen LogP contribution in [-0.4, -0.2) is 38.1 Å². The van der Waals surface area contributed by atoms with E-state index in [1.807, 2.05) is 12.2 Å². The Kier molecular flexibility index (Phi) is 20.6. The molecule has 0 aromatic heterocycles. The van der Waals surface area contributed by atoms with E-state index in [1.165, 1.54) is 38.5 Å². The molecule has 0 radical (unpaired) electrons. The molecule has 202 valence electrons. The third-order valence-electron chi connectivity index (χ3n) is 5.62. The van der Waals surface area contributed by atoms with Crippen LogP contribution in [0, 0.1) is 0 Å². The summed E-state index contributed by atoms with van der Waals surface area (Å²) in [4.78, 5) is 24.5. The van der Waals surface area contributed by atoms with Gasteiger partial charge in [-0.3, -0.25) is 0 Å². The minimum absolute atomic E-state index is 0. The fraction of sp³-hybridized carbons (Fsp3) is 0.571. The molecule has 0 aliphatic rings. The molecule has 0 heterocycles. The Hall–Kier alpha value is -1.45. The maximum absolute atomic E-state index is 12.6. The van der Waals surface area contributed by atoms with Crippen LogP contribution in [0.25, 0.3) is 0 Å². The first-order chi connectivity index (χ1) is 17.3. The van der Waals surface area contributed by atoms with Crippen molar-refractivity contribution in [2.45, 2.75) is 95.8 Å². The number of rotatable bonds is 19. The molecule has 1 aromatic rings. The van der Waals surface area contributed by atoms with Crippen molar-refractivity contribution in [3.05, 3.63) is 53.6 Å². The summed E-state index contributed by atoms with van der Waals surface area (Å²) in [7, 11) is -4.81. The third-order valence-corrected chi connectivity index (χ3v) is 6.45.